The molecular formula is C17H26N2O3S. The summed E-state index contributed by atoms with van der Waals surface area (Å²) in [5.41, 5.74) is 2.66. The van der Waals surface area contributed by atoms with Gasteiger partial charge >= 0.3 is 0 Å². The molecule has 1 fully saturated rings. The first-order valence-corrected chi connectivity index (χ1v) is 9.96. The van der Waals surface area contributed by atoms with E-state index in [1.807, 2.05) is 26.0 Å². The molecule has 2 rings (SSSR count). The van der Waals surface area contributed by atoms with Gasteiger partial charge in [-0.1, -0.05) is 18.9 Å². The minimum absolute atomic E-state index is 0.115. The van der Waals surface area contributed by atoms with Gasteiger partial charge in [0.25, 0.3) is 0 Å². The Hall–Kier alpha value is -1.56. The van der Waals surface area contributed by atoms with E-state index in [2.05, 4.69) is 0 Å². The summed E-state index contributed by atoms with van der Waals surface area (Å²) in [5.74, 6) is -0.115. The summed E-state index contributed by atoms with van der Waals surface area (Å²) >= 11 is 0. The summed E-state index contributed by atoms with van der Waals surface area (Å²) in [6, 6.07) is 5.48. The van der Waals surface area contributed by atoms with Crippen LogP contribution in [0.1, 0.15) is 36.8 Å². The molecule has 6 heteroatoms. The van der Waals surface area contributed by atoms with Crippen LogP contribution >= 0.6 is 0 Å². The Morgan fingerprint density at radius 3 is 2.22 bits per heavy atom. The number of rotatable bonds is 4. The van der Waals surface area contributed by atoms with Crippen LogP contribution < -0.4 is 4.31 Å². The minimum Gasteiger partial charge on any atom is -0.341 e. The number of hydrogen-bond donors (Lipinski definition) is 0. The lowest BCUT2D eigenvalue weighted by Gasteiger charge is -2.27. The summed E-state index contributed by atoms with van der Waals surface area (Å²) in [5, 5.41) is 0. The van der Waals surface area contributed by atoms with Crippen molar-refractivity contribution < 1.29 is 13.2 Å². The summed E-state index contributed by atoms with van der Waals surface area (Å²) in [7, 11) is -3.50. The number of likely N-dealkylation sites (tertiary alicyclic amines) is 1. The largest absolute Gasteiger partial charge is 0.341 e. The topological polar surface area (TPSA) is 57.7 Å². The number of benzene rings is 1. The van der Waals surface area contributed by atoms with Gasteiger partial charge in [-0.15, -0.1) is 0 Å². The molecule has 1 amide bonds. The third kappa shape index (κ3) is 4.70. The first-order valence-electron chi connectivity index (χ1n) is 8.12. The van der Waals surface area contributed by atoms with Gasteiger partial charge in [0.15, 0.2) is 0 Å². The molecule has 0 aliphatic carbocycles. The molecule has 0 saturated carbocycles. The highest BCUT2D eigenvalue weighted by Gasteiger charge is 2.24. The first kappa shape index (κ1) is 17.8. The van der Waals surface area contributed by atoms with Crippen LogP contribution in [0.3, 0.4) is 0 Å². The SMILES string of the molecule is Cc1ccc(N(CC(=O)N2CCCCCC2)S(C)(=O)=O)cc1C. The van der Waals surface area contributed by atoms with Crippen molar-refractivity contribution in [3.8, 4) is 0 Å². The van der Waals surface area contributed by atoms with Gasteiger partial charge in [-0.05, 0) is 49.9 Å². The molecule has 1 aliphatic rings. The zero-order chi connectivity index (χ0) is 17.0. The van der Waals surface area contributed by atoms with E-state index in [-0.39, 0.29) is 12.5 Å². The van der Waals surface area contributed by atoms with Crippen LogP contribution in [0.5, 0.6) is 0 Å². The predicted molar refractivity (Wildman–Crippen MR) is 93.2 cm³/mol. The monoisotopic (exact) mass is 338 g/mol. The number of sulfonamides is 1. The molecule has 0 spiro atoms. The number of anilines is 1. The number of hydrogen-bond acceptors (Lipinski definition) is 3. The zero-order valence-electron chi connectivity index (χ0n) is 14.2. The molecule has 1 aromatic carbocycles. The highest BCUT2D eigenvalue weighted by atomic mass is 32.2. The Balaban J connectivity index is 2.22. The Morgan fingerprint density at radius 1 is 1.09 bits per heavy atom. The van der Waals surface area contributed by atoms with Crippen molar-refractivity contribution in [1.82, 2.24) is 4.90 Å². The third-order valence-electron chi connectivity index (χ3n) is 4.42. The minimum atomic E-state index is -3.50. The molecule has 1 saturated heterocycles. The molecule has 128 valence electrons. The van der Waals surface area contributed by atoms with E-state index in [4.69, 9.17) is 0 Å². The van der Waals surface area contributed by atoms with Crippen molar-refractivity contribution in [3.63, 3.8) is 0 Å². The van der Waals surface area contributed by atoms with Gasteiger partial charge in [0.05, 0.1) is 11.9 Å². The van der Waals surface area contributed by atoms with Crippen LogP contribution in [-0.4, -0.2) is 45.1 Å². The summed E-state index contributed by atoms with van der Waals surface area (Å²) in [6.07, 6.45) is 5.41. The summed E-state index contributed by atoms with van der Waals surface area (Å²) in [4.78, 5) is 14.4. The van der Waals surface area contributed by atoms with Gasteiger partial charge < -0.3 is 4.90 Å². The highest BCUT2D eigenvalue weighted by Crippen LogP contribution is 2.21. The number of aryl methyl sites for hydroxylation is 2. The summed E-state index contributed by atoms with van der Waals surface area (Å²) < 4.78 is 25.6. The molecule has 0 radical (unpaired) electrons. The van der Waals surface area contributed by atoms with Gasteiger partial charge in [0, 0.05) is 13.1 Å². The predicted octanol–water partition coefficient (Wildman–Crippen LogP) is 2.47. The second kappa shape index (κ2) is 7.34. The van der Waals surface area contributed by atoms with Crippen molar-refractivity contribution in [2.45, 2.75) is 39.5 Å². The van der Waals surface area contributed by atoms with Crippen LogP contribution in [0.4, 0.5) is 5.69 Å². The number of nitrogens with zero attached hydrogens (tertiary/aromatic N) is 2. The molecule has 0 N–H and O–H groups in total. The highest BCUT2D eigenvalue weighted by molar-refractivity contribution is 7.92. The van der Waals surface area contributed by atoms with Gasteiger partial charge in [0.2, 0.25) is 15.9 Å². The molecule has 5 nitrogen and oxygen atoms in total. The lowest BCUT2D eigenvalue weighted by molar-refractivity contribution is -0.129. The Bertz CT molecular complexity index is 662. The molecule has 1 aliphatic heterocycles. The third-order valence-corrected chi connectivity index (χ3v) is 5.56. The average Bonchev–Trinajstić information content (AvgIpc) is 2.75. The fourth-order valence-electron chi connectivity index (χ4n) is 2.82. The second-order valence-electron chi connectivity index (χ2n) is 6.33. The Labute approximate surface area is 139 Å². The van der Waals surface area contributed by atoms with Gasteiger partial charge in [-0.25, -0.2) is 8.42 Å². The number of amides is 1. The van der Waals surface area contributed by atoms with E-state index in [1.54, 1.807) is 11.0 Å². The van der Waals surface area contributed by atoms with Gasteiger partial charge in [-0.3, -0.25) is 9.10 Å². The first-order chi connectivity index (χ1) is 10.8. The van der Waals surface area contributed by atoms with Crippen LogP contribution in [-0.2, 0) is 14.8 Å². The van der Waals surface area contributed by atoms with Gasteiger partial charge in [0.1, 0.15) is 6.54 Å². The van der Waals surface area contributed by atoms with Crippen LogP contribution in [0.25, 0.3) is 0 Å². The molecular weight excluding hydrogens is 312 g/mol. The fraction of sp³-hybridized carbons (Fsp3) is 0.588. The molecule has 0 aromatic heterocycles. The lowest BCUT2D eigenvalue weighted by atomic mass is 10.1. The van der Waals surface area contributed by atoms with E-state index >= 15 is 0 Å². The Morgan fingerprint density at radius 2 is 1.70 bits per heavy atom. The van der Waals surface area contributed by atoms with E-state index < -0.39 is 10.0 Å². The molecule has 23 heavy (non-hydrogen) atoms. The van der Waals surface area contributed by atoms with Crippen molar-refractivity contribution in [2.75, 3.05) is 30.2 Å². The van der Waals surface area contributed by atoms with Crippen LogP contribution in [0.15, 0.2) is 18.2 Å². The smallest absolute Gasteiger partial charge is 0.243 e. The normalized spacial score (nSPS) is 16.0. The van der Waals surface area contributed by atoms with E-state index in [1.165, 1.54) is 4.31 Å². The summed E-state index contributed by atoms with van der Waals surface area (Å²) in [6.45, 7) is 5.25. The lowest BCUT2D eigenvalue weighted by Crippen LogP contribution is -2.43. The quantitative estimate of drug-likeness (QED) is 0.847. The van der Waals surface area contributed by atoms with Crippen molar-refractivity contribution in [3.05, 3.63) is 29.3 Å². The van der Waals surface area contributed by atoms with Crippen molar-refractivity contribution in [2.24, 2.45) is 0 Å². The fourth-order valence-corrected chi connectivity index (χ4v) is 3.67. The maximum Gasteiger partial charge on any atom is 0.243 e. The van der Waals surface area contributed by atoms with Crippen molar-refractivity contribution >= 4 is 21.6 Å². The zero-order valence-corrected chi connectivity index (χ0v) is 15.0. The maximum absolute atomic E-state index is 12.6. The standard InChI is InChI=1S/C17H26N2O3S/c1-14-8-9-16(12-15(14)2)19(23(3,21)22)13-17(20)18-10-6-4-5-7-11-18/h8-9,12H,4-7,10-11,13H2,1-3H3. The van der Waals surface area contributed by atoms with E-state index in [0.29, 0.717) is 5.69 Å². The number of carbonyl (C=O) groups is 1. The molecule has 0 unspecified atom stereocenters. The molecule has 0 atom stereocenters. The second-order valence-corrected chi connectivity index (χ2v) is 8.24. The van der Waals surface area contributed by atoms with E-state index in [0.717, 1.165) is 56.2 Å². The average molecular weight is 338 g/mol. The van der Waals surface area contributed by atoms with Crippen molar-refractivity contribution in [1.29, 1.82) is 0 Å². The van der Waals surface area contributed by atoms with E-state index in [9.17, 15) is 13.2 Å². The Kier molecular flexibility index (Phi) is 5.68. The maximum atomic E-state index is 12.6. The molecule has 1 aromatic rings. The number of carbonyl (C=O) groups excluding carboxylic acids is 1. The van der Waals surface area contributed by atoms with Crippen LogP contribution in [0, 0.1) is 13.8 Å². The molecule has 1 heterocycles. The van der Waals surface area contributed by atoms with Gasteiger partial charge in [-0.2, -0.15) is 0 Å². The van der Waals surface area contributed by atoms with Crippen LogP contribution in [0.2, 0.25) is 0 Å². The molecule has 0 bridgehead atoms.